The predicted molar refractivity (Wildman–Crippen MR) is 109 cm³/mol. The smallest absolute Gasteiger partial charge is 0.407 e. The van der Waals surface area contributed by atoms with E-state index in [1.807, 2.05) is 0 Å². The molecule has 29 heavy (non-hydrogen) atoms. The number of pyridine rings is 1. The quantitative estimate of drug-likeness (QED) is 0.490. The highest BCUT2D eigenvalue weighted by Gasteiger charge is 2.18. The van der Waals surface area contributed by atoms with E-state index in [4.69, 9.17) is 14.2 Å². The lowest BCUT2D eigenvalue weighted by Crippen LogP contribution is -2.28. The molecule has 0 saturated heterocycles. The molecule has 2 aromatic rings. The highest BCUT2D eigenvalue weighted by molar-refractivity contribution is 5.67. The van der Waals surface area contributed by atoms with Crippen LogP contribution in [0.15, 0.2) is 24.4 Å². The summed E-state index contributed by atoms with van der Waals surface area (Å²) in [5.41, 5.74) is 0. The molecule has 1 fully saturated rings. The fourth-order valence-corrected chi connectivity index (χ4v) is 3.18. The number of anilines is 2. The number of aromatic nitrogens is 3. The van der Waals surface area contributed by atoms with E-state index in [1.165, 1.54) is 0 Å². The van der Waals surface area contributed by atoms with Crippen molar-refractivity contribution in [3.05, 3.63) is 24.4 Å². The van der Waals surface area contributed by atoms with Gasteiger partial charge in [0.1, 0.15) is 6.10 Å². The lowest BCUT2D eigenvalue weighted by molar-refractivity contribution is 0.101. The van der Waals surface area contributed by atoms with Crippen LogP contribution in [0.5, 0.6) is 11.6 Å². The van der Waals surface area contributed by atoms with Crippen LogP contribution < -0.4 is 20.1 Å². The summed E-state index contributed by atoms with van der Waals surface area (Å²) in [7, 11) is 1.59. The summed E-state index contributed by atoms with van der Waals surface area (Å²) in [6.45, 7) is 1.16. The van der Waals surface area contributed by atoms with Crippen molar-refractivity contribution in [3.63, 3.8) is 0 Å². The molecule has 3 rings (SSSR count). The molecule has 3 N–H and O–H groups in total. The second-order valence-corrected chi connectivity index (χ2v) is 6.93. The number of H-pyrrole nitrogens is 1. The van der Waals surface area contributed by atoms with Gasteiger partial charge in [0.05, 0.1) is 13.7 Å². The number of carbonyl (C=O) groups is 1. The van der Waals surface area contributed by atoms with E-state index >= 15 is 0 Å². The van der Waals surface area contributed by atoms with Gasteiger partial charge in [-0.3, -0.25) is 5.10 Å². The minimum absolute atomic E-state index is 0.104. The first-order valence-electron chi connectivity index (χ1n) is 10.1. The number of amides is 1. The Kier molecular flexibility index (Phi) is 7.97. The fourth-order valence-electron chi connectivity index (χ4n) is 3.18. The van der Waals surface area contributed by atoms with Gasteiger partial charge in [0.25, 0.3) is 0 Å². The predicted octanol–water partition coefficient (Wildman–Crippen LogP) is 3.77. The number of aromatic amines is 1. The zero-order chi connectivity index (χ0) is 20.3. The van der Waals surface area contributed by atoms with Crippen molar-refractivity contribution in [1.29, 1.82) is 0 Å². The molecule has 1 aliphatic rings. The average Bonchev–Trinajstić information content (AvgIpc) is 3.42. The lowest BCUT2D eigenvalue weighted by atomic mass is 10.2. The highest BCUT2D eigenvalue weighted by atomic mass is 16.6. The Morgan fingerprint density at radius 3 is 2.83 bits per heavy atom. The highest BCUT2D eigenvalue weighted by Crippen LogP contribution is 2.27. The van der Waals surface area contributed by atoms with E-state index in [-0.39, 0.29) is 12.2 Å². The third kappa shape index (κ3) is 6.85. The lowest BCUT2D eigenvalue weighted by Gasteiger charge is -2.12. The van der Waals surface area contributed by atoms with Gasteiger partial charge in [-0.25, -0.2) is 4.79 Å². The molecule has 0 spiro atoms. The fraction of sp³-hybridized carbons (Fsp3) is 0.550. The molecule has 158 valence electrons. The molecule has 1 aliphatic carbocycles. The summed E-state index contributed by atoms with van der Waals surface area (Å²) in [6.07, 6.45) is 8.51. The van der Waals surface area contributed by atoms with Gasteiger partial charge >= 0.3 is 6.09 Å². The van der Waals surface area contributed by atoms with E-state index in [1.54, 1.807) is 31.5 Å². The van der Waals surface area contributed by atoms with Crippen LogP contribution in [0.3, 0.4) is 0 Å². The van der Waals surface area contributed by atoms with Crippen LogP contribution in [0.25, 0.3) is 0 Å². The normalized spacial score (nSPS) is 13.8. The maximum atomic E-state index is 11.7. The minimum Gasteiger partial charge on any atom is -0.493 e. The monoisotopic (exact) mass is 403 g/mol. The van der Waals surface area contributed by atoms with Crippen molar-refractivity contribution >= 4 is 17.7 Å². The minimum atomic E-state index is -0.299. The average molecular weight is 403 g/mol. The Balaban J connectivity index is 1.31. The van der Waals surface area contributed by atoms with Crippen LogP contribution in [0.2, 0.25) is 0 Å². The molecule has 0 atom stereocenters. The molecular weight excluding hydrogens is 374 g/mol. The molecule has 2 aromatic heterocycles. The Labute approximate surface area is 170 Å². The number of carbonyl (C=O) groups excluding carboxylic acids is 1. The van der Waals surface area contributed by atoms with Gasteiger partial charge in [-0.15, -0.1) is 0 Å². The molecule has 0 aliphatic heterocycles. The summed E-state index contributed by atoms with van der Waals surface area (Å²) in [6, 6.07) is 5.37. The largest absolute Gasteiger partial charge is 0.493 e. The summed E-state index contributed by atoms with van der Waals surface area (Å²) in [5, 5.41) is 12.7. The number of hydrogen-bond donors (Lipinski definition) is 3. The summed E-state index contributed by atoms with van der Waals surface area (Å²) < 4.78 is 16.4. The van der Waals surface area contributed by atoms with Gasteiger partial charge in [-0.2, -0.15) is 10.1 Å². The first-order valence-corrected chi connectivity index (χ1v) is 10.1. The van der Waals surface area contributed by atoms with E-state index in [0.717, 1.165) is 44.9 Å². The molecule has 9 nitrogen and oxygen atoms in total. The van der Waals surface area contributed by atoms with Crippen LogP contribution in [0.4, 0.5) is 16.4 Å². The van der Waals surface area contributed by atoms with Gasteiger partial charge in [-0.1, -0.05) is 0 Å². The second-order valence-electron chi connectivity index (χ2n) is 6.93. The van der Waals surface area contributed by atoms with Gasteiger partial charge in [0, 0.05) is 24.9 Å². The van der Waals surface area contributed by atoms with Gasteiger partial charge in [-0.05, 0) is 51.0 Å². The third-order valence-corrected chi connectivity index (χ3v) is 4.72. The molecule has 0 aromatic carbocycles. The zero-order valence-electron chi connectivity index (χ0n) is 16.8. The molecule has 2 heterocycles. The summed E-state index contributed by atoms with van der Waals surface area (Å²) >= 11 is 0. The number of hydrogen-bond acceptors (Lipinski definition) is 7. The van der Waals surface area contributed by atoms with Crippen molar-refractivity contribution in [1.82, 2.24) is 20.5 Å². The number of nitrogens with zero attached hydrogens (tertiary/aromatic N) is 2. The first kappa shape index (κ1) is 20.8. The number of nitrogens with one attached hydrogen (secondary N) is 3. The maximum absolute atomic E-state index is 11.7. The zero-order valence-corrected chi connectivity index (χ0v) is 16.8. The van der Waals surface area contributed by atoms with Gasteiger partial charge < -0.3 is 24.8 Å². The molecule has 9 heteroatoms. The number of unbranched alkanes of at least 4 members (excludes halogenated alkanes) is 2. The Bertz CT molecular complexity index is 747. The van der Waals surface area contributed by atoms with Crippen LogP contribution in [-0.4, -0.2) is 47.6 Å². The van der Waals surface area contributed by atoms with E-state index in [0.29, 0.717) is 36.4 Å². The van der Waals surface area contributed by atoms with E-state index in [2.05, 4.69) is 25.8 Å². The SMILES string of the molecule is COc1ccc(OCCCCCNC(=O)OC2CCCC2)nc1Nc1cc[nH]n1. The summed E-state index contributed by atoms with van der Waals surface area (Å²) in [5.74, 6) is 2.31. The van der Waals surface area contributed by atoms with Crippen LogP contribution >= 0.6 is 0 Å². The first-order chi connectivity index (χ1) is 14.2. The number of ether oxygens (including phenoxy) is 3. The van der Waals surface area contributed by atoms with Crippen molar-refractivity contribution < 1.29 is 19.0 Å². The van der Waals surface area contributed by atoms with E-state index < -0.39 is 0 Å². The molecule has 1 amide bonds. The van der Waals surface area contributed by atoms with Gasteiger partial charge in [0.15, 0.2) is 17.4 Å². The van der Waals surface area contributed by atoms with Crippen molar-refractivity contribution in [2.24, 2.45) is 0 Å². The van der Waals surface area contributed by atoms with Crippen LogP contribution in [0.1, 0.15) is 44.9 Å². The van der Waals surface area contributed by atoms with Crippen LogP contribution in [-0.2, 0) is 4.74 Å². The Morgan fingerprint density at radius 1 is 1.21 bits per heavy atom. The molecule has 0 radical (unpaired) electrons. The number of rotatable bonds is 11. The van der Waals surface area contributed by atoms with Crippen LogP contribution in [0, 0.1) is 0 Å². The molecule has 1 saturated carbocycles. The topological polar surface area (TPSA) is 110 Å². The Hall–Kier alpha value is -2.97. The molecular formula is C20H29N5O4. The molecule has 0 bridgehead atoms. The van der Waals surface area contributed by atoms with Gasteiger partial charge in [0.2, 0.25) is 5.88 Å². The molecule has 0 unspecified atom stereocenters. The van der Waals surface area contributed by atoms with Crippen molar-refractivity contribution in [3.8, 4) is 11.6 Å². The standard InChI is InChI=1S/C20H29N5O4/c1-27-16-9-10-18(24-19(16)23-17-11-13-22-25-17)28-14-6-2-5-12-21-20(26)29-15-7-3-4-8-15/h9-11,13,15H,2-8,12,14H2,1H3,(H,21,26)(H2,22,23,24,25). The Morgan fingerprint density at radius 2 is 2.07 bits per heavy atom. The number of alkyl carbamates (subject to hydrolysis) is 1. The third-order valence-electron chi connectivity index (χ3n) is 4.72. The maximum Gasteiger partial charge on any atom is 0.407 e. The van der Waals surface area contributed by atoms with Crippen molar-refractivity contribution in [2.75, 3.05) is 25.6 Å². The van der Waals surface area contributed by atoms with E-state index in [9.17, 15) is 4.79 Å². The second kappa shape index (κ2) is 11.1. The van der Waals surface area contributed by atoms with Crippen molar-refractivity contribution in [2.45, 2.75) is 51.0 Å². The number of methoxy groups -OCH3 is 1. The summed E-state index contributed by atoms with van der Waals surface area (Å²) in [4.78, 5) is 16.1.